The maximum atomic E-state index is 8.69. The SMILES string of the molecule is [H+].[KH].[O]=[Mn](=[O])(=[O])[OH]. The van der Waals surface area contributed by atoms with Crippen molar-refractivity contribution < 1.29 is 30.1 Å². The van der Waals surface area contributed by atoms with E-state index in [0.717, 1.165) is 0 Å². The van der Waals surface area contributed by atoms with Crippen molar-refractivity contribution in [2.75, 3.05) is 0 Å². The Morgan fingerprint density at radius 3 is 1.33 bits per heavy atom. The molecule has 0 aromatic rings. The van der Waals surface area contributed by atoms with E-state index in [1.807, 2.05) is 0 Å². The van der Waals surface area contributed by atoms with Gasteiger partial charge in [-0.25, -0.2) is 0 Å². The first-order valence-electron chi connectivity index (χ1n) is 0.632. The Morgan fingerprint density at radius 2 is 1.33 bits per heavy atom. The van der Waals surface area contributed by atoms with E-state index in [2.05, 4.69) is 0 Å². The van der Waals surface area contributed by atoms with Crippen molar-refractivity contribution in [1.82, 2.24) is 0 Å². The molecular formula is H3KMnO4+. The third kappa shape index (κ3) is 49.0. The van der Waals surface area contributed by atoms with Crippen molar-refractivity contribution in [3.05, 3.63) is 0 Å². The van der Waals surface area contributed by atoms with Gasteiger partial charge in [0, 0.05) is 0 Å². The molecule has 6 heteroatoms. The first-order chi connectivity index (χ1) is 2.00. The quantitative estimate of drug-likeness (QED) is 0.441. The van der Waals surface area contributed by atoms with Crippen LogP contribution in [0.5, 0.6) is 0 Å². The normalized spacial score (nSPS) is 9.50. The summed E-state index contributed by atoms with van der Waals surface area (Å²) in [6.45, 7) is 0. The van der Waals surface area contributed by atoms with Crippen LogP contribution in [0.4, 0.5) is 0 Å². The predicted molar refractivity (Wildman–Crippen MR) is 12.5 cm³/mol. The Kier molecular flexibility index (Phi) is 6.13. The monoisotopic (exact) mass is 161 g/mol. The molecule has 6 heavy (non-hydrogen) atoms. The number of rotatable bonds is 0. The van der Waals surface area contributed by atoms with Crippen LogP contribution in [0.3, 0.4) is 0 Å². The van der Waals surface area contributed by atoms with Crippen LogP contribution in [0.2, 0.25) is 0 Å². The molecule has 0 atom stereocenters. The molecule has 0 amide bonds. The molecule has 0 spiro atoms. The van der Waals surface area contributed by atoms with Crippen molar-refractivity contribution in [1.29, 1.82) is 0 Å². The van der Waals surface area contributed by atoms with E-state index in [4.69, 9.17) is 15.7 Å². The zero-order valence-electron chi connectivity index (χ0n) is 3.05. The minimum atomic E-state index is -5.38. The summed E-state index contributed by atoms with van der Waals surface area (Å²) in [6.07, 6.45) is 0. The van der Waals surface area contributed by atoms with Gasteiger partial charge in [-0.05, 0) is 0 Å². The van der Waals surface area contributed by atoms with Crippen LogP contribution in [-0.4, -0.2) is 55.6 Å². The van der Waals surface area contributed by atoms with E-state index in [1.165, 1.54) is 0 Å². The van der Waals surface area contributed by atoms with Crippen LogP contribution in [0.1, 0.15) is 1.43 Å². The molecule has 1 N–H and O–H groups in total. The Hall–Kier alpha value is 1.52. The number of hydrogen-bond donors (Lipinski definition) is 1. The van der Waals surface area contributed by atoms with Crippen molar-refractivity contribution in [3.8, 4) is 0 Å². The summed E-state index contributed by atoms with van der Waals surface area (Å²) in [5.74, 6) is 0. The molecule has 0 bridgehead atoms. The van der Waals surface area contributed by atoms with Gasteiger partial charge < -0.3 is 0 Å². The van der Waals surface area contributed by atoms with Gasteiger partial charge in [-0.15, -0.1) is 0 Å². The van der Waals surface area contributed by atoms with Gasteiger partial charge in [0.05, 0.1) is 0 Å². The molecule has 0 aromatic carbocycles. The Balaban J connectivity index is -0.0000000800. The fourth-order valence-corrected chi connectivity index (χ4v) is 0. The predicted octanol–water partition coefficient (Wildman–Crippen LogP) is -1.45. The first-order valence-corrected chi connectivity index (χ1v) is 2.61. The van der Waals surface area contributed by atoms with Gasteiger partial charge in [-0.3, -0.25) is 0 Å². The van der Waals surface area contributed by atoms with Gasteiger partial charge in [0.15, 0.2) is 0 Å². The van der Waals surface area contributed by atoms with Crippen LogP contribution in [0.15, 0.2) is 0 Å². The molecule has 0 aliphatic carbocycles. The van der Waals surface area contributed by atoms with Crippen LogP contribution in [-0.2, 0) is 24.5 Å². The molecule has 0 saturated carbocycles. The third-order valence-electron chi connectivity index (χ3n) is 0. The minimum absolute atomic E-state index is 0. The van der Waals surface area contributed by atoms with Crippen LogP contribution in [0.25, 0.3) is 0 Å². The fraction of sp³-hybridized carbons (Fsp3) is 0. The van der Waals surface area contributed by atoms with E-state index in [9.17, 15) is 0 Å². The van der Waals surface area contributed by atoms with E-state index in [-0.39, 0.29) is 52.8 Å². The third-order valence-corrected chi connectivity index (χ3v) is 0. The molecular weight excluding hydrogens is 158 g/mol. The Morgan fingerprint density at radius 1 is 1.33 bits per heavy atom. The second-order valence-corrected chi connectivity index (χ2v) is 1.63. The Bertz CT molecular complexity index is 133. The summed E-state index contributed by atoms with van der Waals surface area (Å²) in [5, 5.41) is 0. The second kappa shape index (κ2) is 3.51. The zero-order valence-corrected chi connectivity index (χ0v) is 3.23. The zero-order chi connectivity index (χ0) is 4.50. The molecule has 0 heterocycles. The van der Waals surface area contributed by atoms with Crippen LogP contribution in [0, 0.1) is 0 Å². The van der Waals surface area contributed by atoms with Crippen molar-refractivity contribution in [3.63, 3.8) is 0 Å². The summed E-state index contributed by atoms with van der Waals surface area (Å²) in [6, 6.07) is 0. The molecule has 4 nitrogen and oxygen atoms in total. The molecule has 0 unspecified atom stereocenters. The average Bonchev–Trinajstić information content (AvgIpc) is 0.722. The van der Waals surface area contributed by atoms with Gasteiger partial charge in [0.1, 0.15) is 0 Å². The fourth-order valence-electron chi connectivity index (χ4n) is 0. The summed E-state index contributed by atoms with van der Waals surface area (Å²) in [4.78, 5) is 0. The molecule has 0 radical (unpaired) electrons. The molecule has 0 aliphatic heterocycles. The van der Waals surface area contributed by atoms with Crippen LogP contribution < -0.4 is 0 Å². The molecule has 0 aromatic heterocycles. The van der Waals surface area contributed by atoms with Gasteiger partial charge >= 0.3 is 81.5 Å². The summed E-state index contributed by atoms with van der Waals surface area (Å²) in [7, 11) is 0. The molecule has 0 fully saturated rings. The molecule has 34 valence electrons. The second-order valence-electron chi connectivity index (χ2n) is 0.396. The van der Waals surface area contributed by atoms with E-state index < -0.39 is 13.0 Å². The van der Waals surface area contributed by atoms with Crippen molar-refractivity contribution in [2.45, 2.75) is 0 Å². The standard InChI is InChI=1S/K.Mn.H2O.3O.H/h;;1H2;;;;/q;+1;;;;;. The summed E-state index contributed by atoms with van der Waals surface area (Å²) in [5.41, 5.74) is 0. The maximum absolute atomic E-state index is 8.69. The number of hydrogen-bond acceptors (Lipinski definition) is 3. The van der Waals surface area contributed by atoms with Gasteiger partial charge in [-0.2, -0.15) is 0 Å². The van der Waals surface area contributed by atoms with Crippen molar-refractivity contribution >= 4 is 51.4 Å². The topological polar surface area (TPSA) is 71.4 Å². The van der Waals surface area contributed by atoms with Gasteiger partial charge in [0.2, 0.25) is 0 Å². The average molecular weight is 161 g/mol. The van der Waals surface area contributed by atoms with E-state index in [1.54, 1.807) is 0 Å². The Labute approximate surface area is 80.0 Å². The first kappa shape index (κ1) is 10.5. The van der Waals surface area contributed by atoms with Gasteiger partial charge in [0.25, 0.3) is 0 Å². The van der Waals surface area contributed by atoms with E-state index in [0.29, 0.717) is 0 Å². The molecule has 0 aliphatic rings. The summed E-state index contributed by atoms with van der Waals surface area (Å²) < 4.78 is 33.1. The molecule has 0 rings (SSSR count). The summed E-state index contributed by atoms with van der Waals surface area (Å²) >= 11 is -5.38. The molecule has 0 saturated heterocycles. The van der Waals surface area contributed by atoms with Gasteiger partial charge in [-0.1, -0.05) is 0 Å². The van der Waals surface area contributed by atoms with E-state index >= 15 is 0 Å². The van der Waals surface area contributed by atoms with Crippen molar-refractivity contribution in [2.24, 2.45) is 0 Å². The van der Waals surface area contributed by atoms with Crippen LogP contribution >= 0.6 is 0 Å².